The van der Waals surface area contributed by atoms with Crippen LogP contribution in [-0.4, -0.2) is 22.0 Å². The summed E-state index contributed by atoms with van der Waals surface area (Å²) in [6.45, 7) is 0. The van der Waals surface area contributed by atoms with Crippen molar-refractivity contribution in [3.8, 4) is 0 Å². The number of nitro groups is 1. The molecule has 2 atom stereocenters. The molecule has 0 heterocycles. The van der Waals surface area contributed by atoms with E-state index in [1.807, 2.05) is 0 Å². The van der Waals surface area contributed by atoms with Gasteiger partial charge in [-0.25, -0.2) is 0 Å². The topological polar surface area (TPSA) is 92.5 Å². The summed E-state index contributed by atoms with van der Waals surface area (Å²) in [5.41, 5.74) is 0.467. The number of nitrogens with zero attached hydrogens (tertiary/aromatic N) is 1. The fraction of sp³-hybridized carbons (Fsp3) is 0.250. The monoisotopic (exact) mass is 282 g/mol. The van der Waals surface area contributed by atoms with Gasteiger partial charge in [0.25, 0.3) is 5.69 Å². The highest BCUT2D eigenvalue weighted by atomic mass is 35.5. The Hall–Kier alpha value is -2.08. The van der Waals surface area contributed by atoms with Crippen LogP contribution in [0, 0.1) is 16.0 Å². The standard InChI is InChI=1S/C12H11ClN2O4/c13-10-6-9(15(18)19)3-4-11(10)14-8-2-1-7(5-8)12(16)17/h1-4,6-8,14H,5H2,(H,16,17). The number of benzene rings is 1. The van der Waals surface area contributed by atoms with Crippen LogP contribution in [0.2, 0.25) is 5.02 Å². The summed E-state index contributed by atoms with van der Waals surface area (Å²) in [7, 11) is 0. The van der Waals surface area contributed by atoms with E-state index in [4.69, 9.17) is 16.7 Å². The van der Waals surface area contributed by atoms with E-state index >= 15 is 0 Å². The third-order valence-electron chi connectivity index (χ3n) is 2.91. The Morgan fingerprint density at radius 2 is 2.21 bits per heavy atom. The van der Waals surface area contributed by atoms with Gasteiger partial charge in [0.1, 0.15) is 0 Å². The molecule has 100 valence electrons. The first-order valence-electron chi connectivity index (χ1n) is 5.59. The van der Waals surface area contributed by atoms with Gasteiger partial charge in [-0.2, -0.15) is 0 Å². The Labute approximate surface area is 113 Å². The van der Waals surface area contributed by atoms with Crippen LogP contribution in [0.4, 0.5) is 11.4 Å². The van der Waals surface area contributed by atoms with E-state index in [0.717, 1.165) is 0 Å². The van der Waals surface area contributed by atoms with Gasteiger partial charge in [-0.05, 0) is 12.5 Å². The zero-order chi connectivity index (χ0) is 14.0. The van der Waals surface area contributed by atoms with Crippen molar-refractivity contribution in [1.82, 2.24) is 0 Å². The fourth-order valence-electron chi connectivity index (χ4n) is 1.92. The highest BCUT2D eigenvalue weighted by molar-refractivity contribution is 6.33. The van der Waals surface area contributed by atoms with Gasteiger partial charge in [0.05, 0.1) is 21.6 Å². The Balaban J connectivity index is 2.07. The molecule has 0 radical (unpaired) electrons. The summed E-state index contributed by atoms with van der Waals surface area (Å²) in [6.07, 6.45) is 3.82. The molecule has 7 heteroatoms. The quantitative estimate of drug-likeness (QED) is 0.503. The number of anilines is 1. The zero-order valence-electron chi connectivity index (χ0n) is 9.75. The number of non-ortho nitro benzene ring substituents is 1. The van der Waals surface area contributed by atoms with E-state index in [2.05, 4.69) is 5.32 Å². The Morgan fingerprint density at radius 3 is 2.74 bits per heavy atom. The number of halogens is 1. The molecule has 2 unspecified atom stereocenters. The molecule has 1 aliphatic carbocycles. The Kier molecular flexibility index (Phi) is 3.71. The first-order valence-corrected chi connectivity index (χ1v) is 5.97. The van der Waals surface area contributed by atoms with Crippen LogP contribution in [0.25, 0.3) is 0 Å². The number of aliphatic carboxylic acids is 1. The molecule has 0 aliphatic heterocycles. The van der Waals surface area contributed by atoms with Crippen molar-refractivity contribution in [2.45, 2.75) is 12.5 Å². The average molecular weight is 283 g/mol. The molecule has 2 rings (SSSR count). The Morgan fingerprint density at radius 1 is 1.47 bits per heavy atom. The number of carbonyl (C=O) groups is 1. The van der Waals surface area contributed by atoms with Crippen LogP contribution in [0.1, 0.15) is 6.42 Å². The fourth-order valence-corrected chi connectivity index (χ4v) is 2.15. The summed E-state index contributed by atoms with van der Waals surface area (Å²) in [6, 6.07) is 3.99. The third kappa shape index (κ3) is 3.03. The first kappa shape index (κ1) is 13.4. The van der Waals surface area contributed by atoms with Gasteiger partial charge in [0.15, 0.2) is 0 Å². The summed E-state index contributed by atoms with van der Waals surface area (Å²) < 4.78 is 0. The maximum absolute atomic E-state index is 10.8. The van der Waals surface area contributed by atoms with Crippen molar-refractivity contribution in [1.29, 1.82) is 0 Å². The van der Waals surface area contributed by atoms with Gasteiger partial charge in [-0.15, -0.1) is 0 Å². The smallest absolute Gasteiger partial charge is 0.310 e. The molecule has 1 aromatic rings. The summed E-state index contributed by atoms with van der Waals surface area (Å²) >= 11 is 5.94. The minimum Gasteiger partial charge on any atom is -0.481 e. The molecule has 0 saturated heterocycles. The molecule has 0 bridgehead atoms. The minimum atomic E-state index is -0.865. The van der Waals surface area contributed by atoms with Crippen LogP contribution in [0.15, 0.2) is 30.4 Å². The zero-order valence-corrected chi connectivity index (χ0v) is 10.5. The van der Waals surface area contributed by atoms with Crippen LogP contribution in [0.5, 0.6) is 0 Å². The molecule has 2 N–H and O–H groups in total. The molecular formula is C12H11ClN2O4. The Bertz CT molecular complexity index is 559. The minimum absolute atomic E-state index is 0.0825. The third-order valence-corrected chi connectivity index (χ3v) is 3.22. The predicted molar refractivity (Wildman–Crippen MR) is 70.4 cm³/mol. The lowest BCUT2D eigenvalue weighted by molar-refractivity contribution is -0.384. The van der Waals surface area contributed by atoms with Crippen LogP contribution in [-0.2, 0) is 4.79 Å². The molecule has 0 fully saturated rings. The molecule has 1 aromatic carbocycles. The molecule has 19 heavy (non-hydrogen) atoms. The number of rotatable bonds is 4. The van der Waals surface area contributed by atoms with Crippen molar-refractivity contribution >= 4 is 28.9 Å². The lowest BCUT2D eigenvalue weighted by Gasteiger charge is -2.14. The van der Waals surface area contributed by atoms with Gasteiger partial charge < -0.3 is 10.4 Å². The van der Waals surface area contributed by atoms with Crippen LogP contribution in [0.3, 0.4) is 0 Å². The van der Waals surface area contributed by atoms with Gasteiger partial charge in [-0.1, -0.05) is 23.8 Å². The largest absolute Gasteiger partial charge is 0.481 e. The van der Waals surface area contributed by atoms with Crippen LogP contribution < -0.4 is 5.32 Å². The maximum atomic E-state index is 10.8. The molecule has 6 nitrogen and oxygen atoms in total. The summed E-state index contributed by atoms with van der Waals surface area (Å²) in [4.78, 5) is 20.9. The maximum Gasteiger partial charge on any atom is 0.310 e. The second-order valence-corrected chi connectivity index (χ2v) is 4.64. The number of nitrogens with one attached hydrogen (secondary N) is 1. The van der Waals surface area contributed by atoms with Crippen molar-refractivity contribution in [3.63, 3.8) is 0 Å². The normalized spacial score (nSPS) is 21.3. The molecule has 1 aliphatic rings. The van der Waals surface area contributed by atoms with E-state index in [1.165, 1.54) is 18.2 Å². The second-order valence-electron chi connectivity index (χ2n) is 4.24. The van der Waals surface area contributed by atoms with E-state index in [0.29, 0.717) is 12.1 Å². The van der Waals surface area contributed by atoms with E-state index in [1.54, 1.807) is 12.2 Å². The van der Waals surface area contributed by atoms with E-state index < -0.39 is 16.8 Å². The number of carboxylic acid groups (broad SMARTS) is 1. The van der Waals surface area contributed by atoms with Crippen LogP contribution >= 0.6 is 11.6 Å². The number of hydrogen-bond acceptors (Lipinski definition) is 4. The molecule has 0 saturated carbocycles. The molecule has 0 amide bonds. The number of carboxylic acids is 1. The predicted octanol–water partition coefficient (Wildman–Crippen LogP) is 2.69. The van der Waals surface area contributed by atoms with E-state index in [-0.39, 0.29) is 16.8 Å². The van der Waals surface area contributed by atoms with Gasteiger partial charge in [0.2, 0.25) is 0 Å². The van der Waals surface area contributed by atoms with Crippen molar-refractivity contribution in [2.75, 3.05) is 5.32 Å². The number of hydrogen-bond donors (Lipinski definition) is 2. The first-order chi connectivity index (χ1) is 8.97. The van der Waals surface area contributed by atoms with Gasteiger partial charge in [-0.3, -0.25) is 14.9 Å². The van der Waals surface area contributed by atoms with Crippen molar-refractivity contribution in [3.05, 3.63) is 45.5 Å². The van der Waals surface area contributed by atoms with Crippen molar-refractivity contribution in [2.24, 2.45) is 5.92 Å². The van der Waals surface area contributed by atoms with Gasteiger partial charge in [0, 0.05) is 18.2 Å². The second kappa shape index (κ2) is 5.27. The lowest BCUT2D eigenvalue weighted by atomic mass is 10.1. The summed E-state index contributed by atoms with van der Waals surface area (Å²) in [5, 5.41) is 22.7. The average Bonchev–Trinajstić information content (AvgIpc) is 2.80. The SMILES string of the molecule is O=C(O)C1C=CC(Nc2ccc([N+](=O)[O-])cc2Cl)C1. The molecule has 0 spiro atoms. The molecular weight excluding hydrogens is 272 g/mol. The lowest BCUT2D eigenvalue weighted by Crippen LogP contribution is -2.18. The molecule has 0 aromatic heterocycles. The summed E-state index contributed by atoms with van der Waals surface area (Å²) in [5.74, 6) is -1.37. The van der Waals surface area contributed by atoms with Gasteiger partial charge >= 0.3 is 5.97 Å². The van der Waals surface area contributed by atoms with E-state index in [9.17, 15) is 14.9 Å². The highest BCUT2D eigenvalue weighted by Crippen LogP contribution is 2.29. The number of nitro benzene ring substituents is 1. The highest BCUT2D eigenvalue weighted by Gasteiger charge is 2.24. The van der Waals surface area contributed by atoms with Crippen molar-refractivity contribution < 1.29 is 14.8 Å².